The molecule has 0 fully saturated rings. The van der Waals surface area contributed by atoms with Gasteiger partial charge in [-0.05, 0) is 123 Å². The average Bonchev–Trinajstić information content (AvgIpc) is 2.98. The summed E-state index contributed by atoms with van der Waals surface area (Å²) in [5.74, 6) is 0. The van der Waals surface area contributed by atoms with Gasteiger partial charge >= 0.3 is 0 Å². The van der Waals surface area contributed by atoms with Crippen molar-refractivity contribution >= 4 is 47.3 Å². The predicted molar refractivity (Wildman–Crippen MR) is 188 cm³/mol. The van der Waals surface area contributed by atoms with Crippen LogP contribution in [0.25, 0.3) is 0 Å². The maximum Gasteiger partial charge on any atom is 0.0688 e. The van der Waals surface area contributed by atoms with E-state index in [1.807, 2.05) is 36.0 Å². The first-order valence-electron chi connectivity index (χ1n) is 14.6. The monoisotopic (exact) mass is 598 g/mol. The summed E-state index contributed by atoms with van der Waals surface area (Å²) < 4.78 is 0. The zero-order valence-corrected chi connectivity index (χ0v) is 27.7. The zero-order chi connectivity index (χ0) is 30.5. The quantitative estimate of drug-likeness (QED) is 0.166. The van der Waals surface area contributed by atoms with E-state index in [1.54, 1.807) is 0 Å². The summed E-state index contributed by atoms with van der Waals surface area (Å²) in [7, 11) is 0. The third-order valence-corrected chi connectivity index (χ3v) is 10.2. The van der Waals surface area contributed by atoms with Crippen molar-refractivity contribution < 1.29 is 0 Å². The number of aliphatic imine (C=N–C) groups is 2. The number of aryl methyl sites for hydroxylation is 6. The topological polar surface area (TPSA) is 24.7 Å². The highest BCUT2D eigenvalue weighted by Crippen LogP contribution is 2.41. The molecule has 0 saturated carbocycles. The van der Waals surface area contributed by atoms with Crippen LogP contribution in [0.15, 0.2) is 121 Å². The first-order chi connectivity index (χ1) is 20.7. The molecule has 0 amide bonds. The molecule has 5 rings (SSSR count). The molecule has 0 aliphatic heterocycles. The van der Waals surface area contributed by atoms with Crippen LogP contribution in [-0.4, -0.2) is 12.4 Å². The predicted octanol–water partition coefficient (Wildman–Crippen LogP) is 11.6. The maximum atomic E-state index is 4.83. The number of rotatable bonds is 8. The molecule has 2 nitrogen and oxygen atoms in total. The van der Waals surface area contributed by atoms with E-state index < -0.39 is 0 Å². The van der Waals surface area contributed by atoms with Crippen LogP contribution in [0.4, 0.5) is 11.4 Å². The highest BCUT2D eigenvalue weighted by atomic mass is 32.2. The van der Waals surface area contributed by atoms with Crippen LogP contribution in [0.2, 0.25) is 0 Å². The van der Waals surface area contributed by atoms with E-state index in [2.05, 4.69) is 139 Å². The largest absolute Gasteiger partial charge is 0.256 e. The van der Waals surface area contributed by atoms with E-state index in [0.717, 1.165) is 22.5 Å². The molecule has 0 atom stereocenters. The van der Waals surface area contributed by atoms with E-state index in [9.17, 15) is 0 Å². The van der Waals surface area contributed by atoms with Crippen molar-refractivity contribution in [1.29, 1.82) is 0 Å². The molecule has 0 bridgehead atoms. The molecule has 216 valence electrons. The summed E-state index contributed by atoms with van der Waals surface area (Å²) in [5, 5.41) is 0. The number of benzene rings is 5. The van der Waals surface area contributed by atoms with Crippen molar-refractivity contribution in [2.75, 3.05) is 0 Å². The standard InChI is InChI=1S/C39H38N2S2/c1-25-11-8-12-26(2)36(25)40-23-32-17-19-34(20-18-32)42-38-29(5)21-30(6)39(31(38)7)43-35-16-10-15-33(22-35)24-41-37-27(3)13-9-14-28(37)4/h8-24H,1-7H3. The molecule has 4 heteroatoms. The van der Waals surface area contributed by atoms with Gasteiger partial charge in [-0.3, -0.25) is 9.98 Å². The smallest absolute Gasteiger partial charge is 0.0688 e. The molecule has 0 saturated heterocycles. The van der Waals surface area contributed by atoms with Crippen LogP contribution in [0, 0.1) is 48.5 Å². The molecule has 0 unspecified atom stereocenters. The van der Waals surface area contributed by atoms with Crippen LogP contribution in [0.3, 0.4) is 0 Å². The second-order valence-corrected chi connectivity index (χ2v) is 13.3. The lowest BCUT2D eigenvalue weighted by Gasteiger charge is -2.17. The summed E-state index contributed by atoms with van der Waals surface area (Å²) in [6.07, 6.45) is 3.94. The Balaban J connectivity index is 1.34. The lowest BCUT2D eigenvalue weighted by atomic mass is 10.1. The molecule has 0 aliphatic carbocycles. The van der Waals surface area contributed by atoms with Crippen LogP contribution < -0.4 is 0 Å². The SMILES string of the molecule is Cc1cccc(C)c1N=Cc1ccc(Sc2c(C)cc(C)c(Sc3cccc(C=Nc4c(C)cccc4C)c3)c2C)cc1. The second kappa shape index (κ2) is 13.6. The second-order valence-electron chi connectivity index (χ2n) is 11.1. The van der Waals surface area contributed by atoms with Gasteiger partial charge in [0, 0.05) is 32.0 Å². The Hall–Kier alpha value is -3.86. The van der Waals surface area contributed by atoms with Gasteiger partial charge in [-0.25, -0.2) is 0 Å². The summed E-state index contributed by atoms with van der Waals surface area (Å²) in [6, 6.07) is 32.3. The molecule has 0 aliphatic rings. The van der Waals surface area contributed by atoms with E-state index in [0.29, 0.717) is 0 Å². The third-order valence-electron chi connectivity index (χ3n) is 7.57. The summed E-state index contributed by atoms with van der Waals surface area (Å²) >= 11 is 3.67. The number of nitrogens with zero attached hydrogens (tertiary/aromatic N) is 2. The first kappa shape index (κ1) is 30.6. The van der Waals surface area contributed by atoms with Crippen molar-refractivity contribution in [3.8, 4) is 0 Å². The lowest BCUT2D eigenvalue weighted by molar-refractivity contribution is 1.09. The van der Waals surface area contributed by atoms with Crippen molar-refractivity contribution in [2.45, 2.75) is 68.0 Å². The minimum Gasteiger partial charge on any atom is -0.256 e. The average molecular weight is 599 g/mol. The van der Waals surface area contributed by atoms with Gasteiger partial charge in [-0.15, -0.1) is 0 Å². The fourth-order valence-corrected chi connectivity index (χ4v) is 7.38. The van der Waals surface area contributed by atoms with Crippen LogP contribution >= 0.6 is 23.5 Å². The van der Waals surface area contributed by atoms with Crippen molar-refractivity contribution in [2.24, 2.45) is 9.98 Å². The number of para-hydroxylation sites is 2. The van der Waals surface area contributed by atoms with Gasteiger partial charge in [-0.2, -0.15) is 0 Å². The van der Waals surface area contributed by atoms with Gasteiger partial charge in [0.1, 0.15) is 0 Å². The molecule has 0 N–H and O–H groups in total. The van der Waals surface area contributed by atoms with E-state index in [1.165, 1.54) is 58.5 Å². The Bertz CT molecular complexity index is 1790. The molecule has 5 aromatic carbocycles. The van der Waals surface area contributed by atoms with Gasteiger partial charge in [-0.1, -0.05) is 90.3 Å². The minimum absolute atomic E-state index is 1.05. The van der Waals surface area contributed by atoms with Crippen LogP contribution in [-0.2, 0) is 0 Å². The highest BCUT2D eigenvalue weighted by molar-refractivity contribution is 8.00. The Morgan fingerprint density at radius 1 is 0.442 bits per heavy atom. The summed E-state index contributed by atoms with van der Waals surface area (Å²) in [6.45, 7) is 15.1. The Labute approximate surface area is 265 Å². The molecule has 0 aromatic heterocycles. The van der Waals surface area contributed by atoms with Gasteiger partial charge < -0.3 is 0 Å². The van der Waals surface area contributed by atoms with Gasteiger partial charge in [0.25, 0.3) is 0 Å². The van der Waals surface area contributed by atoms with E-state index in [-0.39, 0.29) is 0 Å². The van der Waals surface area contributed by atoms with Crippen LogP contribution in [0.1, 0.15) is 50.1 Å². The molecule has 0 radical (unpaired) electrons. The zero-order valence-electron chi connectivity index (χ0n) is 26.0. The first-order valence-corrected chi connectivity index (χ1v) is 16.2. The van der Waals surface area contributed by atoms with Gasteiger partial charge in [0.05, 0.1) is 11.4 Å². The normalized spacial score (nSPS) is 11.6. The van der Waals surface area contributed by atoms with Gasteiger partial charge in [0.15, 0.2) is 0 Å². The highest BCUT2D eigenvalue weighted by Gasteiger charge is 2.14. The van der Waals surface area contributed by atoms with E-state index in [4.69, 9.17) is 9.98 Å². The Kier molecular flexibility index (Phi) is 9.69. The van der Waals surface area contributed by atoms with E-state index >= 15 is 0 Å². The van der Waals surface area contributed by atoms with Crippen LogP contribution in [0.5, 0.6) is 0 Å². The molecule has 0 spiro atoms. The molecular formula is C39H38N2S2. The Morgan fingerprint density at radius 2 is 0.907 bits per heavy atom. The number of hydrogen-bond acceptors (Lipinski definition) is 4. The third kappa shape index (κ3) is 7.38. The van der Waals surface area contributed by atoms with Crippen molar-refractivity contribution in [1.82, 2.24) is 0 Å². The molecular weight excluding hydrogens is 561 g/mol. The lowest BCUT2D eigenvalue weighted by Crippen LogP contribution is -1.94. The molecule has 5 aromatic rings. The van der Waals surface area contributed by atoms with Crippen molar-refractivity contribution in [3.05, 3.63) is 141 Å². The summed E-state index contributed by atoms with van der Waals surface area (Å²) in [5.41, 5.74) is 13.0. The fourth-order valence-electron chi connectivity index (χ4n) is 5.28. The fraction of sp³-hybridized carbons (Fsp3) is 0.179. The minimum atomic E-state index is 1.05. The van der Waals surface area contributed by atoms with Gasteiger partial charge in [0.2, 0.25) is 0 Å². The Morgan fingerprint density at radius 3 is 1.44 bits per heavy atom. The van der Waals surface area contributed by atoms with Crippen molar-refractivity contribution in [3.63, 3.8) is 0 Å². The molecule has 43 heavy (non-hydrogen) atoms. The summed E-state index contributed by atoms with van der Waals surface area (Å²) in [4.78, 5) is 14.7. The number of hydrogen-bond donors (Lipinski definition) is 0. The maximum absolute atomic E-state index is 4.83. The molecule has 0 heterocycles.